The number of hydrogen-bond acceptors (Lipinski definition) is 3. The van der Waals surface area contributed by atoms with Crippen molar-refractivity contribution in [2.24, 2.45) is 0 Å². The van der Waals surface area contributed by atoms with Gasteiger partial charge in [0.2, 0.25) is 0 Å². The second kappa shape index (κ2) is 6.07. The molecule has 0 unspecified atom stereocenters. The number of aliphatic hydroxyl groups is 1. The van der Waals surface area contributed by atoms with Crippen molar-refractivity contribution >= 4 is 0 Å². The quantitative estimate of drug-likeness (QED) is 0.716. The summed E-state index contributed by atoms with van der Waals surface area (Å²) in [5, 5.41) is 11.9. The first kappa shape index (κ1) is 11.6. The number of ether oxygens (including phenoxy) is 1. The molecule has 0 saturated heterocycles. The Labute approximate surface area is 90.1 Å². The highest BCUT2D eigenvalue weighted by Crippen LogP contribution is 2.18. The van der Waals surface area contributed by atoms with Crippen molar-refractivity contribution in [3.05, 3.63) is 29.3 Å². The van der Waals surface area contributed by atoms with Crippen LogP contribution >= 0.6 is 0 Å². The van der Waals surface area contributed by atoms with Gasteiger partial charge < -0.3 is 15.2 Å². The highest BCUT2D eigenvalue weighted by molar-refractivity contribution is 5.48. The average molecular weight is 205 g/mol. The minimum atomic E-state index is 0.0186. The maximum Gasteiger partial charge on any atom is 0.134 e. The Morgan fingerprint density at radius 2 is 2.27 bits per heavy atom. The lowest BCUT2D eigenvalue weighted by atomic mass is 10.1. The topological polar surface area (TPSA) is 41.5 Å². The molecule has 0 aliphatic carbocycles. The maximum atomic E-state index is 9.00. The first-order valence-electron chi connectivity index (χ1n) is 4.73. The fraction of sp³-hybridized carbons (Fsp3) is 0.333. The summed E-state index contributed by atoms with van der Waals surface area (Å²) in [7, 11) is 3.45. The van der Waals surface area contributed by atoms with Crippen molar-refractivity contribution < 1.29 is 9.84 Å². The number of nitrogens with one attached hydrogen (secondary N) is 1. The van der Waals surface area contributed by atoms with Crippen molar-refractivity contribution in [3.63, 3.8) is 0 Å². The number of hydrogen-bond donors (Lipinski definition) is 2. The summed E-state index contributed by atoms with van der Waals surface area (Å²) in [6, 6.07) is 5.47. The molecule has 3 heteroatoms. The van der Waals surface area contributed by atoms with Crippen molar-refractivity contribution in [1.82, 2.24) is 5.32 Å². The van der Waals surface area contributed by atoms with E-state index in [-0.39, 0.29) is 6.61 Å². The highest BCUT2D eigenvalue weighted by Gasteiger charge is 2.00. The molecule has 0 fully saturated rings. The Kier molecular flexibility index (Phi) is 4.69. The van der Waals surface area contributed by atoms with E-state index in [1.165, 1.54) is 0 Å². The van der Waals surface area contributed by atoms with Crippen LogP contribution in [0.25, 0.3) is 0 Å². The van der Waals surface area contributed by atoms with Gasteiger partial charge in [-0.1, -0.05) is 17.9 Å². The van der Waals surface area contributed by atoms with Gasteiger partial charge in [-0.15, -0.1) is 0 Å². The minimum Gasteiger partial charge on any atom is -0.495 e. The van der Waals surface area contributed by atoms with Crippen molar-refractivity contribution in [2.45, 2.75) is 6.61 Å². The molecule has 0 spiro atoms. The average Bonchev–Trinajstić information content (AvgIpc) is 2.29. The van der Waals surface area contributed by atoms with Gasteiger partial charge in [-0.25, -0.2) is 0 Å². The van der Waals surface area contributed by atoms with Crippen LogP contribution in [0.5, 0.6) is 5.75 Å². The normalized spacial score (nSPS) is 9.27. The van der Waals surface area contributed by atoms with Gasteiger partial charge in [0, 0.05) is 0 Å². The Balaban J connectivity index is 2.97. The second-order valence-electron chi connectivity index (χ2n) is 3.02. The van der Waals surface area contributed by atoms with Crippen LogP contribution in [0.1, 0.15) is 11.1 Å². The fourth-order valence-electron chi connectivity index (χ4n) is 1.18. The molecule has 0 aliphatic heterocycles. The molecular weight excluding hydrogens is 190 g/mol. The lowest BCUT2D eigenvalue weighted by Crippen LogP contribution is -2.04. The van der Waals surface area contributed by atoms with Gasteiger partial charge in [0.1, 0.15) is 5.75 Å². The fourth-order valence-corrected chi connectivity index (χ4v) is 1.18. The van der Waals surface area contributed by atoms with Crippen molar-refractivity contribution in [3.8, 4) is 17.6 Å². The largest absolute Gasteiger partial charge is 0.495 e. The van der Waals surface area contributed by atoms with Crippen LogP contribution in [0.4, 0.5) is 0 Å². The smallest absolute Gasteiger partial charge is 0.134 e. The molecule has 0 radical (unpaired) electrons. The van der Waals surface area contributed by atoms with E-state index in [2.05, 4.69) is 17.2 Å². The van der Waals surface area contributed by atoms with E-state index < -0.39 is 0 Å². The number of methoxy groups -OCH3 is 1. The predicted octanol–water partition coefficient (Wildman–Crippen LogP) is 0.758. The summed E-state index contributed by atoms with van der Waals surface area (Å²) in [5.41, 5.74) is 1.64. The SMILES string of the molecule is CNCC#Cc1cc(CO)ccc1OC. The molecule has 0 aliphatic rings. The van der Waals surface area contributed by atoms with Crippen LogP contribution in [0, 0.1) is 11.8 Å². The van der Waals surface area contributed by atoms with Gasteiger partial charge in [0.25, 0.3) is 0 Å². The molecule has 2 N–H and O–H groups in total. The van der Waals surface area contributed by atoms with E-state index in [9.17, 15) is 0 Å². The standard InChI is InChI=1S/C12H15NO2/c1-13-7-3-4-11-8-10(9-14)5-6-12(11)15-2/h5-6,8,13-14H,7,9H2,1-2H3. The molecule has 80 valence electrons. The molecule has 0 aromatic heterocycles. The van der Waals surface area contributed by atoms with E-state index in [1.54, 1.807) is 7.11 Å². The monoisotopic (exact) mass is 205 g/mol. The van der Waals surface area contributed by atoms with Gasteiger partial charge >= 0.3 is 0 Å². The van der Waals surface area contributed by atoms with Gasteiger partial charge in [-0.05, 0) is 24.7 Å². The highest BCUT2D eigenvalue weighted by atomic mass is 16.5. The lowest BCUT2D eigenvalue weighted by molar-refractivity contribution is 0.281. The summed E-state index contributed by atoms with van der Waals surface area (Å²) in [5.74, 6) is 6.68. The Hall–Kier alpha value is -1.50. The zero-order valence-corrected chi connectivity index (χ0v) is 9.00. The molecule has 0 amide bonds. The molecule has 1 rings (SSSR count). The van der Waals surface area contributed by atoms with Crippen LogP contribution in [0.15, 0.2) is 18.2 Å². The maximum absolute atomic E-state index is 9.00. The van der Waals surface area contributed by atoms with Crippen LogP contribution in [-0.4, -0.2) is 25.8 Å². The van der Waals surface area contributed by atoms with Gasteiger partial charge in [-0.2, -0.15) is 0 Å². The number of aliphatic hydroxyl groups excluding tert-OH is 1. The molecule has 1 aromatic carbocycles. The molecule has 15 heavy (non-hydrogen) atoms. The van der Waals surface area contributed by atoms with Crippen LogP contribution < -0.4 is 10.1 Å². The van der Waals surface area contributed by atoms with E-state index in [1.807, 2.05) is 25.2 Å². The van der Waals surface area contributed by atoms with E-state index in [0.717, 1.165) is 16.9 Å². The van der Waals surface area contributed by atoms with Crippen LogP contribution in [0.2, 0.25) is 0 Å². The molecule has 0 heterocycles. The first-order valence-corrected chi connectivity index (χ1v) is 4.73. The zero-order valence-electron chi connectivity index (χ0n) is 9.00. The number of benzene rings is 1. The summed E-state index contributed by atoms with van der Waals surface area (Å²) in [4.78, 5) is 0. The Morgan fingerprint density at radius 1 is 1.47 bits per heavy atom. The zero-order chi connectivity index (χ0) is 11.1. The predicted molar refractivity (Wildman–Crippen MR) is 59.7 cm³/mol. The van der Waals surface area contributed by atoms with Crippen molar-refractivity contribution in [2.75, 3.05) is 20.7 Å². The van der Waals surface area contributed by atoms with Crippen LogP contribution in [0.3, 0.4) is 0 Å². The molecule has 0 bridgehead atoms. The van der Waals surface area contributed by atoms with Gasteiger partial charge in [0.15, 0.2) is 0 Å². The van der Waals surface area contributed by atoms with E-state index >= 15 is 0 Å². The third-order valence-electron chi connectivity index (χ3n) is 1.93. The molecule has 0 atom stereocenters. The van der Waals surface area contributed by atoms with Crippen LogP contribution in [-0.2, 0) is 6.61 Å². The van der Waals surface area contributed by atoms with Crippen molar-refractivity contribution in [1.29, 1.82) is 0 Å². The first-order chi connectivity index (χ1) is 7.31. The second-order valence-corrected chi connectivity index (χ2v) is 3.02. The molecule has 1 aromatic rings. The van der Waals surface area contributed by atoms with E-state index in [0.29, 0.717) is 6.54 Å². The van der Waals surface area contributed by atoms with Gasteiger partial charge in [-0.3, -0.25) is 0 Å². The molecule has 0 saturated carbocycles. The lowest BCUT2D eigenvalue weighted by Gasteiger charge is -2.04. The summed E-state index contributed by atoms with van der Waals surface area (Å²) < 4.78 is 5.17. The number of rotatable bonds is 3. The third kappa shape index (κ3) is 3.28. The van der Waals surface area contributed by atoms with E-state index in [4.69, 9.17) is 9.84 Å². The Morgan fingerprint density at radius 3 is 2.87 bits per heavy atom. The third-order valence-corrected chi connectivity index (χ3v) is 1.93. The summed E-state index contributed by atoms with van der Waals surface area (Å²) in [6.45, 7) is 0.650. The molecular formula is C12H15NO2. The summed E-state index contributed by atoms with van der Waals surface area (Å²) in [6.07, 6.45) is 0. The summed E-state index contributed by atoms with van der Waals surface area (Å²) >= 11 is 0. The minimum absolute atomic E-state index is 0.0186. The van der Waals surface area contributed by atoms with Gasteiger partial charge in [0.05, 0.1) is 25.8 Å². The Bertz CT molecular complexity index is 377. The molecule has 3 nitrogen and oxygen atoms in total.